The molecule has 0 aliphatic rings. The van der Waals surface area contributed by atoms with E-state index in [-0.39, 0.29) is 10.3 Å². The van der Waals surface area contributed by atoms with Crippen LogP contribution in [0.1, 0.15) is 11.4 Å². The molecular weight excluding hydrogens is 348 g/mol. The Morgan fingerprint density at radius 3 is 2.04 bits per heavy atom. The van der Waals surface area contributed by atoms with E-state index >= 15 is 0 Å². The van der Waals surface area contributed by atoms with E-state index in [1.54, 1.807) is 19.9 Å². The van der Waals surface area contributed by atoms with Gasteiger partial charge in [-0.25, -0.2) is 32.6 Å². The molecule has 0 saturated carbocycles. The predicted octanol–water partition coefficient (Wildman–Crippen LogP) is -1.02. The lowest BCUT2D eigenvalue weighted by Gasteiger charge is -2.21. The topological polar surface area (TPSA) is 156 Å². The second-order valence-corrected chi connectivity index (χ2v) is 8.44. The number of nitrogens with one attached hydrogen (secondary N) is 1. The Morgan fingerprint density at radius 2 is 1.65 bits per heavy atom. The van der Waals surface area contributed by atoms with E-state index in [0.29, 0.717) is 11.4 Å². The van der Waals surface area contributed by atoms with Crippen LogP contribution >= 0.6 is 0 Å². The van der Waals surface area contributed by atoms with Crippen LogP contribution < -0.4 is 10.5 Å². The van der Waals surface area contributed by atoms with Crippen LogP contribution in [-0.2, 0) is 20.2 Å². The van der Waals surface area contributed by atoms with Gasteiger partial charge in [-0.15, -0.1) is 0 Å². The van der Waals surface area contributed by atoms with Gasteiger partial charge in [0.2, 0.25) is 16.0 Å². The molecule has 0 atom stereocenters. The molecule has 0 aliphatic carbocycles. The normalized spacial score (nSPS) is 12.3. The van der Waals surface area contributed by atoms with E-state index in [0.717, 1.165) is 4.31 Å². The number of nitrogens with two attached hydrogens (primary N) is 1. The fourth-order valence-corrected chi connectivity index (χ4v) is 3.36. The molecule has 11 nitrogen and oxygen atoms in total. The summed E-state index contributed by atoms with van der Waals surface area (Å²) < 4.78 is 47.4. The maximum Gasteiger partial charge on any atom is 0.339 e. The van der Waals surface area contributed by atoms with Crippen LogP contribution in [0.5, 0.6) is 0 Å². The van der Waals surface area contributed by atoms with Crippen molar-refractivity contribution in [3.8, 4) is 0 Å². The van der Waals surface area contributed by atoms with E-state index < -0.39 is 32.1 Å². The number of aromatic nitrogens is 2. The zero-order valence-electron chi connectivity index (χ0n) is 13.0. The molecule has 0 fully saturated rings. The van der Waals surface area contributed by atoms with Crippen LogP contribution in [0.4, 0.5) is 10.7 Å². The highest BCUT2D eigenvalue weighted by atomic mass is 32.2. The Hall–Kier alpha value is -1.83. The molecule has 0 spiro atoms. The first-order valence-corrected chi connectivity index (χ1v) is 9.28. The molecular formula is C10H18N6O5S2. The van der Waals surface area contributed by atoms with E-state index in [2.05, 4.69) is 15.3 Å². The van der Waals surface area contributed by atoms with Crippen LogP contribution in [0.15, 0.2) is 6.07 Å². The number of rotatable bonds is 5. The molecule has 0 unspecified atom stereocenters. The number of aryl methyl sites for hydroxylation is 2. The van der Waals surface area contributed by atoms with Crippen molar-refractivity contribution in [1.82, 2.24) is 18.6 Å². The first-order chi connectivity index (χ1) is 10.3. The van der Waals surface area contributed by atoms with Gasteiger partial charge < -0.3 is 0 Å². The maximum absolute atomic E-state index is 12.1. The van der Waals surface area contributed by atoms with Gasteiger partial charge in [0, 0.05) is 25.5 Å². The molecule has 1 rings (SSSR count). The average molecular weight is 366 g/mol. The quantitative estimate of drug-likeness (QED) is 0.675. The Labute approximate surface area is 134 Å². The SMILES string of the molecule is Cc1cc(C)nc(NC(=O)N(CS(=O)(=O)N(C)C)S(N)(=O)=O)n1. The summed E-state index contributed by atoms with van der Waals surface area (Å²) in [5.74, 6) is -1.31. The third-order valence-electron chi connectivity index (χ3n) is 2.57. The van der Waals surface area contributed by atoms with Crippen LogP contribution in [0.2, 0.25) is 0 Å². The van der Waals surface area contributed by atoms with Gasteiger partial charge in [0.1, 0.15) is 0 Å². The van der Waals surface area contributed by atoms with Crippen molar-refractivity contribution in [2.45, 2.75) is 13.8 Å². The van der Waals surface area contributed by atoms with Crippen molar-refractivity contribution in [2.24, 2.45) is 5.14 Å². The minimum absolute atomic E-state index is 0.0106. The summed E-state index contributed by atoms with van der Waals surface area (Å²) in [5, 5.41) is 7.03. The van der Waals surface area contributed by atoms with Gasteiger partial charge in [0.15, 0.2) is 5.88 Å². The fraction of sp³-hybridized carbons (Fsp3) is 0.500. The average Bonchev–Trinajstić information content (AvgIpc) is 2.32. The summed E-state index contributed by atoms with van der Waals surface area (Å²) in [6.07, 6.45) is 0. The number of hydrogen-bond acceptors (Lipinski definition) is 7. The minimum atomic E-state index is -4.61. The first-order valence-electron chi connectivity index (χ1n) is 6.17. The second kappa shape index (κ2) is 6.74. The van der Waals surface area contributed by atoms with E-state index in [1.165, 1.54) is 14.1 Å². The lowest BCUT2D eigenvalue weighted by Crippen LogP contribution is -2.48. The highest BCUT2D eigenvalue weighted by Crippen LogP contribution is 2.08. The van der Waals surface area contributed by atoms with E-state index in [9.17, 15) is 21.6 Å². The van der Waals surface area contributed by atoms with Crippen molar-refractivity contribution < 1.29 is 21.6 Å². The summed E-state index contributed by atoms with van der Waals surface area (Å²) in [7, 11) is -6.26. The smallest absolute Gasteiger partial charge is 0.275 e. The largest absolute Gasteiger partial charge is 0.339 e. The summed E-state index contributed by atoms with van der Waals surface area (Å²) >= 11 is 0. The molecule has 0 bridgehead atoms. The van der Waals surface area contributed by atoms with Gasteiger partial charge in [-0.05, 0) is 19.9 Å². The molecule has 3 N–H and O–H groups in total. The molecule has 2 amide bonds. The molecule has 1 aromatic rings. The molecule has 0 aliphatic heterocycles. The molecule has 1 heterocycles. The third-order valence-corrected chi connectivity index (χ3v) is 5.34. The summed E-state index contributed by atoms with van der Waals surface area (Å²) in [4.78, 5) is 19.9. The summed E-state index contributed by atoms with van der Waals surface area (Å²) in [6.45, 7) is 3.30. The number of sulfonamides is 1. The zero-order valence-corrected chi connectivity index (χ0v) is 14.6. The fourth-order valence-electron chi connectivity index (χ4n) is 1.45. The van der Waals surface area contributed by atoms with Crippen molar-refractivity contribution in [3.05, 3.63) is 17.5 Å². The van der Waals surface area contributed by atoms with Crippen LogP contribution in [0.25, 0.3) is 0 Å². The molecule has 23 heavy (non-hydrogen) atoms. The number of urea groups is 1. The Kier molecular flexibility index (Phi) is 5.63. The number of hydrogen-bond donors (Lipinski definition) is 2. The van der Waals surface area contributed by atoms with Gasteiger partial charge in [-0.2, -0.15) is 12.7 Å². The second-order valence-electron chi connectivity index (χ2n) is 4.82. The van der Waals surface area contributed by atoms with Crippen molar-refractivity contribution in [1.29, 1.82) is 0 Å². The molecule has 0 radical (unpaired) electrons. The molecule has 0 aromatic carbocycles. The van der Waals surface area contributed by atoms with Crippen molar-refractivity contribution in [3.63, 3.8) is 0 Å². The Bertz CT molecular complexity index is 785. The monoisotopic (exact) mass is 366 g/mol. The number of anilines is 1. The minimum Gasteiger partial charge on any atom is -0.275 e. The van der Waals surface area contributed by atoms with Gasteiger partial charge >= 0.3 is 16.2 Å². The molecule has 130 valence electrons. The van der Waals surface area contributed by atoms with Crippen LogP contribution in [0.3, 0.4) is 0 Å². The number of carbonyl (C=O) groups excluding carboxylic acids is 1. The Balaban J connectivity index is 3.11. The van der Waals surface area contributed by atoms with E-state index in [1.807, 2.05) is 0 Å². The van der Waals surface area contributed by atoms with Gasteiger partial charge in [0.05, 0.1) is 0 Å². The number of carbonyl (C=O) groups is 1. The lowest BCUT2D eigenvalue weighted by molar-refractivity contribution is 0.238. The lowest BCUT2D eigenvalue weighted by atomic mass is 10.4. The predicted molar refractivity (Wildman–Crippen MR) is 82.9 cm³/mol. The van der Waals surface area contributed by atoms with Crippen LogP contribution in [0, 0.1) is 13.8 Å². The summed E-state index contributed by atoms with van der Waals surface area (Å²) in [6, 6.07) is 0.367. The number of nitrogens with zero attached hydrogens (tertiary/aromatic N) is 4. The highest BCUT2D eigenvalue weighted by molar-refractivity contribution is 7.91. The first kappa shape index (κ1) is 19.2. The van der Waals surface area contributed by atoms with Gasteiger partial charge in [-0.3, -0.25) is 5.32 Å². The Morgan fingerprint density at radius 1 is 1.17 bits per heavy atom. The highest BCUT2D eigenvalue weighted by Gasteiger charge is 2.31. The van der Waals surface area contributed by atoms with Gasteiger partial charge in [-0.1, -0.05) is 0 Å². The third kappa shape index (κ3) is 5.38. The standard InChI is InChI=1S/C10H18N6O5S2/c1-7-5-8(2)13-9(12-7)14-10(17)16(23(11,20)21)6-22(18,19)15(3)4/h5H,6H2,1-4H3,(H2,11,20,21)(H,12,13,14,17). The van der Waals surface area contributed by atoms with Gasteiger partial charge in [0.25, 0.3) is 0 Å². The zero-order chi connectivity index (χ0) is 18.0. The van der Waals surface area contributed by atoms with Crippen LogP contribution in [-0.4, -0.2) is 61.4 Å². The molecule has 0 saturated heterocycles. The summed E-state index contributed by atoms with van der Waals surface area (Å²) in [5.41, 5.74) is 1.08. The number of amides is 2. The molecule has 13 heteroatoms. The van der Waals surface area contributed by atoms with Crippen molar-refractivity contribution in [2.75, 3.05) is 25.3 Å². The molecule has 1 aromatic heterocycles. The van der Waals surface area contributed by atoms with Crippen molar-refractivity contribution >= 4 is 32.2 Å². The maximum atomic E-state index is 12.1. The van der Waals surface area contributed by atoms with E-state index in [4.69, 9.17) is 5.14 Å².